The van der Waals surface area contributed by atoms with Crippen LogP contribution in [-0.4, -0.2) is 28.9 Å². The Morgan fingerprint density at radius 2 is 1.79 bits per heavy atom. The molecule has 2 aliphatic rings. The summed E-state index contributed by atoms with van der Waals surface area (Å²) < 4.78 is 0. The van der Waals surface area contributed by atoms with Gasteiger partial charge in [0.1, 0.15) is 0 Å². The van der Waals surface area contributed by atoms with Crippen LogP contribution in [0.15, 0.2) is 48.5 Å². The molecule has 2 N–H and O–H groups in total. The Balaban J connectivity index is 1.95. The molecule has 4 rings (SSSR count). The quantitative estimate of drug-likeness (QED) is 0.347. The van der Waals surface area contributed by atoms with Gasteiger partial charge in [-0.25, -0.2) is 0 Å². The first kappa shape index (κ1) is 18.1. The number of benzene rings is 2. The summed E-state index contributed by atoms with van der Waals surface area (Å²) in [5, 5.41) is 16.3. The minimum Gasteiger partial charge on any atom is -0.366 e. The fourth-order valence-electron chi connectivity index (χ4n) is 4.15. The smallest absolute Gasteiger partial charge is 0.269 e. The number of nitro groups is 1. The largest absolute Gasteiger partial charge is 0.366 e. The maximum atomic E-state index is 13.1. The number of hydrogen-bond acceptors (Lipinski definition) is 6. The van der Waals surface area contributed by atoms with Crippen LogP contribution in [0, 0.1) is 15.5 Å². The van der Waals surface area contributed by atoms with Crippen molar-refractivity contribution in [3.05, 3.63) is 69.8 Å². The van der Waals surface area contributed by atoms with Gasteiger partial charge in [-0.05, 0) is 29.4 Å². The van der Waals surface area contributed by atoms with Crippen molar-refractivity contribution in [2.24, 2.45) is 5.41 Å². The highest BCUT2D eigenvalue weighted by atomic mass is 32.1. The third-order valence-corrected chi connectivity index (χ3v) is 5.56. The van der Waals surface area contributed by atoms with Gasteiger partial charge < -0.3 is 15.5 Å². The lowest BCUT2D eigenvalue weighted by Gasteiger charge is -2.49. The second-order valence-electron chi connectivity index (χ2n) is 6.88. The van der Waals surface area contributed by atoms with E-state index in [1.54, 1.807) is 13.1 Å². The van der Waals surface area contributed by atoms with Crippen molar-refractivity contribution < 1.29 is 14.5 Å². The number of carbonyl (C=O) groups is 2. The van der Waals surface area contributed by atoms with Crippen molar-refractivity contribution in [2.45, 2.75) is 12.5 Å². The first-order valence-electron chi connectivity index (χ1n) is 8.56. The molecule has 0 radical (unpaired) electrons. The molecule has 1 fully saturated rings. The van der Waals surface area contributed by atoms with Crippen LogP contribution in [0.25, 0.3) is 0 Å². The normalized spacial score (nSPS) is 20.4. The van der Waals surface area contributed by atoms with Crippen LogP contribution in [-0.2, 0) is 16.0 Å². The number of nitrogens with zero attached hydrogens (tertiary/aromatic N) is 2. The van der Waals surface area contributed by atoms with E-state index < -0.39 is 28.2 Å². The molecular weight excluding hydrogens is 380 g/mol. The van der Waals surface area contributed by atoms with E-state index in [1.165, 1.54) is 12.1 Å². The molecule has 0 bridgehead atoms. The number of amides is 2. The second-order valence-corrected chi connectivity index (χ2v) is 7.29. The SMILES string of the molecule is CN1c2ccc([N+](=O)[O-])cc2CC2(C(=O)NC(=S)NC2=O)[C@@H]1c1ccccc1. The summed E-state index contributed by atoms with van der Waals surface area (Å²) in [4.78, 5) is 38.8. The summed E-state index contributed by atoms with van der Waals surface area (Å²) in [5.41, 5.74) is 0.473. The molecular formula is C19H16N4O4S. The molecule has 1 spiro atoms. The van der Waals surface area contributed by atoms with E-state index in [4.69, 9.17) is 12.2 Å². The highest BCUT2D eigenvalue weighted by molar-refractivity contribution is 7.80. The molecule has 2 amide bonds. The number of nitro benzene ring substituents is 1. The topological polar surface area (TPSA) is 105 Å². The number of anilines is 1. The summed E-state index contributed by atoms with van der Waals surface area (Å²) in [7, 11) is 1.77. The Labute approximate surface area is 165 Å². The average molecular weight is 396 g/mol. The van der Waals surface area contributed by atoms with E-state index in [9.17, 15) is 19.7 Å². The second kappa shape index (κ2) is 6.38. The van der Waals surface area contributed by atoms with Gasteiger partial charge in [-0.2, -0.15) is 0 Å². The minimum atomic E-state index is -1.51. The van der Waals surface area contributed by atoms with E-state index in [2.05, 4.69) is 10.6 Å². The van der Waals surface area contributed by atoms with Crippen molar-refractivity contribution in [2.75, 3.05) is 11.9 Å². The zero-order chi connectivity index (χ0) is 20.1. The van der Waals surface area contributed by atoms with E-state index in [1.807, 2.05) is 35.2 Å². The number of rotatable bonds is 2. The summed E-state index contributed by atoms with van der Waals surface area (Å²) in [5.74, 6) is -1.03. The van der Waals surface area contributed by atoms with Crippen LogP contribution in [0.5, 0.6) is 0 Å². The van der Waals surface area contributed by atoms with Crippen LogP contribution in [0.2, 0.25) is 0 Å². The van der Waals surface area contributed by atoms with Crippen molar-refractivity contribution in [3.8, 4) is 0 Å². The minimum absolute atomic E-state index is 0.0220. The third-order valence-electron chi connectivity index (χ3n) is 5.36. The van der Waals surface area contributed by atoms with Crippen LogP contribution < -0.4 is 15.5 Å². The Bertz CT molecular complexity index is 1000. The Morgan fingerprint density at radius 3 is 2.39 bits per heavy atom. The molecule has 0 aromatic heterocycles. The molecule has 8 nitrogen and oxygen atoms in total. The Morgan fingerprint density at radius 1 is 1.14 bits per heavy atom. The molecule has 1 atom stereocenters. The molecule has 0 unspecified atom stereocenters. The van der Waals surface area contributed by atoms with Crippen molar-refractivity contribution in [1.29, 1.82) is 0 Å². The molecule has 9 heteroatoms. The first-order chi connectivity index (χ1) is 13.3. The molecule has 0 aliphatic carbocycles. The van der Waals surface area contributed by atoms with Gasteiger partial charge in [-0.3, -0.25) is 19.7 Å². The van der Waals surface area contributed by atoms with Crippen LogP contribution in [0.4, 0.5) is 11.4 Å². The van der Waals surface area contributed by atoms with E-state index in [0.717, 1.165) is 11.3 Å². The van der Waals surface area contributed by atoms with Gasteiger partial charge in [0.15, 0.2) is 10.5 Å². The first-order valence-corrected chi connectivity index (χ1v) is 8.97. The highest BCUT2D eigenvalue weighted by Crippen LogP contribution is 2.50. The molecule has 2 aliphatic heterocycles. The van der Waals surface area contributed by atoms with Crippen LogP contribution in [0.3, 0.4) is 0 Å². The number of thiocarbonyl (C=S) groups is 1. The maximum absolute atomic E-state index is 13.1. The van der Waals surface area contributed by atoms with Gasteiger partial charge in [0.25, 0.3) is 5.69 Å². The number of fused-ring (bicyclic) bond motifs is 1. The predicted octanol–water partition coefficient (Wildman–Crippen LogP) is 1.85. The summed E-state index contributed by atoms with van der Waals surface area (Å²) >= 11 is 4.96. The molecule has 2 aromatic rings. The van der Waals surface area contributed by atoms with Gasteiger partial charge in [-0.1, -0.05) is 30.3 Å². The van der Waals surface area contributed by atoms with E-state index in [0.29, 0.717) is 5.56 Å². The number of hydrogen-bond donors (Lipinski definition) is 2. The predicted molar refractivity (Wildman–Crippen MR) is 106 cm³/mol. The number of non-ortho nitro benzene ring substituents is 1. The standard InChI is InChI=1S/C19H16N4O4S/c1-22-14-8-7-13(23(26)27)9-12(14)10-19(15(22)11-5-3-2-4-6-11)16(24)20-18(28)21-17(19)25/h2-9,15H,10H2,1H3,(H2,20,21,24,25,28)/t15-/m0/s1. The molecule has 2 aromatic carbocycles. The molecule has 28 heavy (non-hydrogen) atoms. The number of carbonyl (C=O) groups excluding carboxylic acids is 2. The highest BCUT2D eigenvalue weighted by Gasteiger charge is 2.59. The third kappa shape index (κ3) is 2.55. The Kier molecular flexibility index (Phi) is 4.11. The van der Waals surface area contributed by atoms with Gasteiger partial charge in [0.05, 0.1) is 11.0 Å². The fourth-order valence-corrected chi connectivity index (χ4v) is 4.34. The Hall–Kier alpha value is -3.33. The molecule has 2 heterocycles. The zero-order valence-corrected chi connectivity index (χ0v) is 15.7. The fraction of sp³-hybridized carbons (Fsp3) is 0.211. The van der Waals surface area contributed by atoms with Gasteiger partial charge in [-0.15, -0.1) is 0 Å². The van der Waals surface area contributed by atoms with E-state index in [-0.39, 0.29) is 17.2 Å². The maximum Gasteiger partial charge on any atom is 0.269 e. The van der Waals surface area contributed by atoms with Crippen molar-refractivity contribution in [3.63, 3.8) is 0 Å². The number of nitrogens with one attached hydrogen (secondary N) is 2. The molecule has 0 saturated carbocycles. The lowest BCUT2D eigenvalue weighted by molar-refractivity contribution is -0.384. The lowest BCUT2D eigenvalue weighted by atomic mass is 9.67. The van der Waals surface area contributed by atoms with Crippen LogP contribution >= 0.6 is 12.2 Å². The van der Waals surface area contributed by atoms with Crippen LogP contribution in [0.1, 0.15) is 17.2 Å². The summed E-state index contributed by atoms with van der Waals surface area (Å²) in [6.45, 7) is 0. The van der Waals surface area contributed by atoms with Gasteiger partial charge >= 0.3 is 0 Å². The summed E-state index contributed by atoms with van der Waals surface area (Å²) in [6, 6.07) is 13.1. The monoisotopic (exact) mass is 396 g/mol. The van der Waals surface area contributed by atoms with Crippen molar-refractivity contribution >= 4 is 40.5 Å². The van der Waals surface area contributed by atoms with E-state index >= 15 is 0 Å². The molecule has 1 saturated heterocycles. The zero-order valence-electron chi connectivity index (χ0n) is 14.8. The average Bonchev–Trinajstić information content (AvgIpc) is 2.66. The van der Waals surface area contributed by atoms with Crippen molar-refractivity contribution in [1.82, 2.24) is 10.6 Å². The summed E-state index contributed by atoms with van der Waals surface area (Å²) in [6.07, 6.45) is 0.0220. The molecule has 142 valence electrons. The van der Waals surface area contributed by atoms with Gasteiger partial charge in [0, 0.05) is 31.3 Å². The van der Waals surface area contributed by atoms with Gasteiger partial charge in [0.2, 0.25) is 11.8 Å². The lowest BCUT2D eigenvalue weighted by Crippen LogP contribution is -2.68.